The molecule has 3 aromatic rings. The Bertz CT molecular complexity index is 1190. The number of hydrogen-bond acceptors (Lipinski definition) is 7. The maximum absolute atomic E-state index is 13.9. The highest BCUT2D eigenvalue weighted by Crippen LogP contribution is 2.41. The lowest BCUT2D eigenvalue weighted by atomic mass is 9.75. The molecule has 4 amide bonds. The molecule has 176 valence electrons. The number of piperidine rings is 1. The number of thiazole rings is 1. The van der Waals surface area contributed by atoms with Crippen LogP contribution in [0.3, 0.4) is 0 Å². The topological polar surface area (TPSA) is 95.5 Å². The number of hydrogen-bond donors (Lipinski definition) is 1. The summed E-state index contributed by atoms with van der Waals surface area (Å²) in [6.45, 7) is 3.18. The Morgan fingerprint density at radius 2 is 2.00 bits per heavy atom. The van der Waals surface area contributed by atoms with Gasteiger partial charge in [0.15, 0.2) is 5.54 Å². The van der Waals surface area contributed by atoms with Crippen LogP contribution in [0.15, 0.2) is 47.3 Å². The van der Waals surface area contributed by atoms with Gasteiger partial charge in [-0.25, -0.2) is 9.78 Å². The van der Waals surface area contributed by atoms with Crippen molar-refractivity contribution >= 4 is 40.5 Å². The van der Waals surface area contributed by atoms with Gasteiger partial charge in [0.05, 0.1) is 10.7 Å². The van der Waals surface area contributed by atoms with Crippen LogP contribution in [0.5, 0.6) is 0 Å². The fourth-order valence-electron chi connectivity index (χ4n) is 4.87. The first-order chi connectivity index (χ1) is 16.5. The highest BCUT2D eigenvalue weighted by Gasteiger charge is 2.58. The smallest absolute Gasteiger partial charge is 0.325 e. The molecule has 1 unspecified atom stereocenters. The summed E-state index contributed by atoms with van der Waals surface area (Å²) in [6, 6.07) is 9.02. The zero-order chi connectivity index (χ0) is 23.7. The molecular formula is C24H25N5O3S2. The van der Waals surface area contributed by atoms with Crippen molar-refractivity contribution in [2.45, 2.75) is 31.7 Å². The van der Waals surface area contributed by atoms with Gasteiger partial charge in [0, 0.05) is 42.0 Å². The third-order valence-corrected chi connectivity index (χ3v) is 8.30. The van der Waals surface area contributed by atoms with E-state index >= 15 is 0 Å². The SMILES string of the molecule is Cc1nc(C(=O)N2CCC(C3(c4ccccn4)NC(=O)N(CCc4cccs4)C3=O)CC2)cs1. The van der Waals surface area contributed by atoms with E-state index in [4.69, 9.17) is 0 Å². The largest absolute Gasteiger partial charge is 0.337 e. The number of imide groups is 1. The number of nitrogens with zero attached hydrogens (tertiary/aromatic N) is 4. The van der Waals surface area contributed by atoms with E-state index in [9.17, 15) is 14.4 Å². The Hall–Kier alpha value is -3.11. The van der Waals surface area contributed by atoms with Gasteiger partial charge in [-0.1, -0.05) is 12.1 Å². The predicted molar refractivity (Wildman–Crippen MR) is 130 cm³/mol. The Balaban J connectivity index is 1.37. The molecule has 0 saturated carbocycles. The lowest BCUT2D eigenvalue weighted by molar-refractivity contribution is -0.134. The number of carbonyl (C=O) groups is 3. The number of pyridine rings is 1. The summed E-state index contributed by atoms with van der Waals surface area (Å²) in [5.41, 5.74) is -0.211. The zero-order valence-electron chi connectivity index (χ0n) is 18.8. The van der Waals surface area contributed by atoms with Gasteiger partial charge in [-0.2, -0.15) is 0 Å². The molecule has 2 saturated heterocycles. The molecule has 1 N–H and O–H groups in total. The molecule has 0 radical (unpaired) electrons. The Kier molecular flexibility index (Phi) is 6.18. The molecule has 2 aliphatic heterocycles. The third kappa shape index (κ3) is 4.01. The molecule has 0 bridgehead atoms. The molecule has 5 heterocycles. The van der Waals surface area contributed by atoms with Crippen LogP contribution in [-0.4, -0.2) is 57.2 Å². The number of urea groups is 1. The predicted octanol–water partition coefficient (Wildman–Crippen LogP) is 3.45. The lowest BCUT2D eigenvalue weighted by Crippen LogP contribution is -2.54. The van der Waals surface area contributed by atoms with Crippen molar-refractivity contribution in [2.24, 2.45) is 5.92 Å². The van der Waals surface area contributed by atoms with Crippen molar-refractivity contribution < 1.29 is 14.4 Å². The highest BCUT2D eigenvalue weighted by molar-refractivity contribution is 7.10. The maximum atomic E-state index is 13.9. The van der Waals surface area contributed by atoms with Gasteiger partial charge in [0.1, 0.15) is 5.69 Å². The minimum Gasteiger partial charge on any atom is -0.337 e. The zero-order valence-corrected chi connectivity index (χ0v) is 20.4. The molecule has 34 heavy (non-hydrogen) atoms. The van der Waals surface area contributed by atoms with Crippen LogP contribution in [0.4, 0.5) is 4.79 Å². The number of likely N-dealkylation sites (tertiary alicyclic amines) is 1. The third-order valence-electron chi connectivity index (χ3n) is 6.60. The molecule has 8 nitrogen and oxygen atoms in total. The van der Waals surface area contributed by atoms with Crippen LogP contribution in [0.2, 0.25) is 0 Å². The number of thiophene rings is 1. The van der Waals surface area contributed by atoms with Gasteiger partial charge in [0.25, 0.3) is 11.8 Å². The second-order valence-electron chi connectivity index (χ2n) is 8.56. The number of aryl methyl sites for hydroxylation is 1. The molecule has 10 heteroatoms. The Morgan fingerprint density at radius 3 is 2.65 bits per heavy atom. The van der Waals surface area contributed by atoms with Crippen LogP contribution in [0, 0.1) is 12.8 Å². The van der Waals surface area contributed by atoms with E-state index in [0.29, 0.717) is 50.3 Å². The van der Waals surface area contributed by atoms with Gasteiger partial charge >= 0.3 is 6.03 Å². The van der Waals surface area contributed by atoms with E-state index in [2.05, 4.69) is 15.3 Å². The summed E-state index contributed by atoms with van der Waals surface area (Å²) >= 11 is 3.07. The van der Waals surface area contributed by atoms with Gasteiger partial charge in [-0.15, -0.1) is 22.7 Å². The van der Waals surface area contributed by atoms with Crippen molar-refractivity contribution in [1.29, 1.82) is 0 Å². The van der Waals surface area contributed by atoms with Crippen molar-refractivity contribution in [3.05, 3.63) is 68.6 Å². The monoisotopic (exact) mass is 495 g/mol. The molecular weight excluding hydrogens is 470 g/mol. The first-order valence-electron chi connectivity index (χ1n) is 11.3. The average Bonchev–Trinajstić information content (AvgIpc) is 3.59. The summed E-state index contributed by atoms with van der Waals surface area (Å²) < 4.78 is 0. The van der Waals surface area contributed by atoms with Gasteiger partial charge in [0.2, 0.25) is 0 Å². The summed E-state index contributed by atoms with van der Waals surface area (Å²) in [5, 5.41) is 7.65. The van der Waals surface area contributed by atoms with Gasteiger partial charge in [-0.3, -0.25) is 19.5 Å². The van der Waals surface area contributed by atoms with E-state index in [0.717, 1.165) is 9.88 Å². The van der Waals surface area contributed by atoms with Crippen molar-refractivity contribution in [3.8, 4) is 0 Å². The number of rotatable bonds is 6. The molecule has 0 aliphatic carbocycles. The summed E-state index contributed by atoms with van der Waals surface area (Å²) in [6.07, 6.45) is 3.43. The number of amides is 4. The Labute approximate surface area is 205 Å². The fourth-order valence-corrected chi connectivity index (χ4v) is 6.15. The molecule has 2 aliphatic rings. The van der Waals surface area contributed by atoms with Crippen molar-refractivity contribution in [2.75, 3.05) is 19.6 Å². The number of carbonyl (C=O) groups excluding carboxylic acids is 3. The average molecular weight is 496 g/mol. The first kappa shape index (κ1) is 22.7. The van der Waals surface area contributed by atoms with Crippen molar-refractivity contribution in [3.63, 3.8) is 0 Å². The number of nitrogens with one attached hydrogen (secondary N) is 1. The summed E-state index contributed by atoms with van der Waals surface area (Å²) in [5.74, 6) is -0.520. The van der Waals surface area contributed by atoms with Crippen LogP contribution in [0.25, 0.3) is 0 Å². The Morgan fingerprint density at radius 1 is 1.18 bits per heavy atom. The van der Waals surface area contributed by atoms with E-state index in [1.807, 2.05) is 30.5 Å². The minimum absolute atomic E-state index is 0.0888. The quantitative estimate of drug-likeness (QED) is 0.529. The standard InChI is InChI=1S/C24H25N5O3S2/c1-16-26-19(15-34-16)21(30)28-11-7-17(8-12-28)24(20-6-2-3-10-25-20)22(31)29(23(32)27-24)13-9-18-5-4-14-33-18/h2-6,10,14-15,17H,7-9,11-13H2,1H3,(H,27,32). The molecule has 0 aromatic carbocycles. The van der Waals surface area contributed by atoms with E-state index in [1.54, 1.807) is 39.9 Å². The van der Waals surface area contributed by atoms with E-state index in [1.165, 1.54) is 16.2 Å². The van der Waals surface area contributed by atoms with Crippen molar-refractivity contribution in [1.82, 2.24) is 25.1 Å². The highest BCUT2D eigenvalue weighted by atomic mass is 32.1. The molecule has 3 aromatic heterocycles. The van der Waals surface area contributed by atoms with E-state index in [-0.39, 0.29) is 23.8 Å². The minimum atomic E-state index is -1.22. The van der Waals surface area contributed by atoms with E-state index < -0.39 is 5.54 Å². The van der Waals surface area contributed by atoms with Crippen LogP contribution < -0.4 is 5.32 Å². The molecule has 2 fully saturated rings. The number of aromatic nitrogens is 2. The fraction of sp³-hybridized carbons (Fsp3) is 0.375. The lowest BCUT2D eigenvalue weighted by Gasteiger charge is -2.40. The normalized spacial score (nSPS) is 21.2. The van der Waals surface area contributed by atoms with Crippen LogP contribution >= 0.6 is 22.7 Å². The van der Waals surface area contributed by atoms with Crippen LogP contribution in [-0.2, 0) is 16.8 Å². The molecule has 0 spiro atoms. The molecule has 5 rings (SSSR count). The summed E-state index contributed by atoms with van der Waals surface area (Å²) in [4.78, 5) is 52.8. The maximum Gasteiger partial charge on any atom is 0.325 e. The molecule has 1 atom stereocenters. The summed E-state index contributed by atoms with van der Waals surface area (Å²) in [7, 11) is 0. The van der Waals surface area contributed by atoms with Gasteiger partial charge < -0.3 is 10.2 Å². The van der Waals surface area contributed by atoms with Crippen LogP contribution in [0.1, 0.15) is 38.9 Å². The second kappa shape index (κ2) is 9.27. The second-order valence-corrected chi connectivity index (χ2v) is 10.7. The van der Waals surface area contributed by atoms with Gasteiger partial charge in [-0.05, 0) is 49.8 Å². The first-order valence-corrected chi connectivity index (χ1v) is 13.0.